The van der Waals surface area contributed by atoms with Crippen molar-refractivity contribution < 1.29 is 9.53 Å². The number of carbonyl (C=O) groups is 1. The molecule has 6 nitrogen and oxygen atoms in total. The molecule has 4 rings (SSSR count). The van der Waals surface area contributed by atoms with E-state index in [1.165, 1.54) is 6.20 Å². The summed E-state index contributed by atoms with van der Waals surface area (Å²) in [6.45, 7) is 0.995. The fraction of sp³-hybridized carbons (Fsp3) is 0.238. The highest BCUT2D eigenvalue weighted by Crippen LogP contribution is 2.30. The van der Waals surface area contributed by atoms with Gasteiger partial charge in [-0.25, -0.2) is 0 Å². The molecule has 0 saturated carbocycles. The van der Waals surface area contributed by atoms with Crippen LogP contribution in [0.5, 0.6) is 5.75 Å². The first-order valence-electron chi connectivity index (χ1n) is 8.87. The molecule has 2 aromatic carbocycles. The largest absolute Gasteiger partial charge is 0.497 e. The van der Waals surface area contributed by atoms with Crippen LogP contribution >= 0.6 is 0 Å². The number of methoxy groups -OCH3 is 1. The standard InChI is InChI=1S/C21H21N3O3/c1-27-14-6-4-5-13(9-14)18-11-24(12-19(18)22)21(26)17-10-23-20(25)16-8-3-2-7-15(16)17/h2-10,18-19H,11-12,22H2,1H3,(H,23,25)/t18-,19+/m0/s1. The maximum atomic E-state index is 13.1. The average molecular weight is 363 g/mol. The third-order valence-corrected chi connectivity index (χ3v) is 5.21. The topological polar surface area (TPSA) is 88.4 Å². The molecule has 0 radical (unpaired) electrons. The number of rotatable bonds is 3. The number of aromatic amines is 1. The van der Waals surface area contributed by atoms with Gasteiger partial charge >= 0.3 is 0 Å². The van der Waals surface area contributed by atoms with Gasteiger partial charge in [0.2, 0.25) is 0 Å². The van der Waals surface area contributed by atoms with Crippen LogP contribution in [0, 0.1) is 0 Å². The highest BCUT2D eigenvalue weighted by Gasteiger charge is 2.35. The van der Waals surface area contributed by atoms with Gasteiger partial charge in [-0.3, -0.25) is 9.59 Å². The number of pyridine rings is 1. The minimum atomic E-state index is -0.200. The maximum absolute atomic E-state index is 13.1. The molecule has 2 atom stereocenters. The van der Waals surface area contributed by atoms with Crippen molar-refractivity contribution >= 4 is 16.7 Å². The molecule has 3 N–H and O–H groups in total. The SMILES string of the molecule is COc1cccc([C@@H]2CN(C(=O)c3c[nH]c(=O)c4ccccc34)C[C@H]2N)c1. The zero-order valence-electron chi connectivity index (χ0n) is 15.0. The zero-order chi connectivity index (χ0) is 19.0. The molecule has 0 unspecified atom stereocenters. The van der Waals surface area contributed by atoms with Gasteiger partial charge in [-0.2, -0.15) is 0 Å². The number of H-pyrrole nitrogens is 1. The van der Waals surface area contributed by atoms with Crippen molar-refractivity contribution in [2.24, 2.45) is 5.73 Å². The summed E-state index contributed by atoms with van der Waals surface area (Å²) in [7, 11) is 1.63. The summed E-state index contributed by atoms with van der Waals surface area (Å²) in [6.07, 6.45) is 1.50. The van der Waals surface area contributed by atoms with E-state index < -0.39 is 0 Å². The van der Waals surface area contributed by atoms with E-state index >= 15 is 0 Å². The van der Waals surface area contributed by atoms with Gasteiger partial charge in [0.15, 0.2) is 0 Å². The summed E-state index contributed by atoms with van der Waals surface area (Å²) in [6, 6.07) is 14.8. The Balaban J connectivity index is 1.64. The molecule has 27 heavy (non-hydrogen) atoms. The number of amides is 1. The normalized spacial score (nSPS) is 19.4. The molecule has 1 aliphatic rings. The minimum Gasteiger partial charge on any atom is -0.497 e. The van der Waals surface area contributed by atoms with Gasteiger partial charge in [0.05, 0.1) is 12.7 Å². The number of fused-ring (bicyclic) bond motifs is 1. The van der Waals surface area contributed by atoms with E-state index in [9.17, 15) is 9.59 Å². The summed E-state index contributed by atoms with van der Waals surface area (Å²) in [5.74, 6) is 0.692. The van der Waals surface area contributed by atoms with Crippen LogP contribution in [0.4, 0.5) is 0 Å². The quantitative estimate of drug-likeness (QED) is 0.746. The molecule has 0 spiro atoms. The lowest BCUT2D eigenvalue weighted by molar-refractivity contribution is 0.0790. The molecular formula is C21H21N3O3. The molecule has 1 fully saturated rings. The number of benzene rings is 2. The van der Waals surface area contributed by atoms with Crippen molar-refractivity contribution in [1.29, 1.82) is 0 Å². The molecule has 3 aromatic rings. The van der Waals surface area contributed by atoms with Gasteiger partial charge in [0.1, 0.15) is 5.75 Å². The number of hydrogen-bond acceptors (Lipinski definition) is 4. The molecule has 138 valence electrons. The second-order valence-corrected chi connectivity index (χ2v) is 6.83. The van der Waals surface area contributed by atoms with E-state index in [1.807, 2.05) is 30.3 Å². The van der Waals surface area contributed by atoms with Crippen LogP contribution in [0.3, 0.4) is 0 Å². The smallest absolute Gasteiger partial charge is 0.256 e. The summed E-state index contributed by atoms with van der Waals surface area (Å²) in [5.41, 5.74) is 7.70. The molecule has 0 bridgehead atoms. The first-order chi connectivity index (χ1) is 13.1. The lowest BCUT2D eigenvalue weighted by Crippen LogP contribution is -2.32. The maximum Gasteiger partial charge on any atom is 0.256 e. The van der Waals surface area contributed by atoms with E-state index in [4.69, 9.17) is 10.5 Å². The molecule has 1 saturated heterocycles. The van der Waals surface area contributed by atoms with Gasteiger partial charge in [0.25, 0.3) is 11.5 Å². The van der Waals surface area contributed by atoms with Crippen LogP contribution in [-0.2, 0) is 0 Å². The van der Waals surface area contributed by atoms with Crippen LogP contribution in [0.15, 0.2) is 59.5 Å². The lowest BCUT2D eigenvalue weighted by Gasteiger charge is -2.18. The zero-order valence-corrected chi connectivity index (χ0v) is 15.0. The van der Waals surface area contributed by atoms with Crippen molar-refractivity contribution in [2.45, 2.75) is 12.0 Å². The predicted octanol–water partition coefficient (Wildman–Crippen LogP) is 2.10. The van der Waals surface area contributed by atoms with Crippen molar-refractivity contribution in [3.8, 4) is 5.75 Å². The predicted molar refractivity (Wildman–Crippen MR) is 104 cm³/mol. The number of likely N-dealkylation sites (tertiary alicyclic amines) is 1. The number of hydrogen-bond donors (Lipinski definition) is 2. The monoisotopic (exact) mass is 363 g/mol. The molecule has 0 aliphatic carbocycles. The van der Waals surface area contributed by atoms with Crippen LogP contribution in [-0.4, -0.2) is 42.0 Å². The van der Waals surface area contributed by atoms with Crippen LogP contribution in [0.25, 0.3) is 10.8 Å². The van der Waals surface area contributed by atoms with Gasteiger partial charge in [-0.1, -0.05) is 30.3 Å². The Labute approximate surface area is 156 Å². The highest BCUT2D eigenvalue weighted by atomic mass is 16.5. The Morgan fingerprint density at radius 1 is 1.15 bits per heavy atom. The van der Waals surface area contributed by atoms with E-state index in [0.717, 1.165) is 11.3 Å². The summed E-state index contributed by atoms with van der Waals surface area (Å²) in [4.78, 5) is 29.6. The molecule has 1 aliphatic heterocycles. The van der Waals surface area contributed by atoms with Crippen LogP contribution in [0.2, 0.25) is 0 Å². The fourth-order valence-electron chi connectivity index (χ4n) is 3.78. The van der Waals surface area contributed by atoms with E-state index in [2.05, 4.69) is 4.98 Å². The number of nitrogens with zero attached hydrogens (tertiary/aromatic N) is 1. The average Bonchev–Trinajstić information content (AvgIpc) is 3.10. The number of ether oxygens (including phenoxy) is 1. The van der Waals surface area contributed by atoms with Crippen molar-refractivity contribution in [1.82, 2.24) is 9.88 Å². The van der Waals surface area contributed by atoms with E-state index in [0.29, 0.717) is 29.4 Å². The Kier molecular flexibility index (Phi) is 4.41. The third kappa shape index (κ3) is 3.08. The molecule has 1 aromatic heterocycles. The molecule has 2 heterocycles. The van der Waals surface area contributed by atoms with Crippen LogP contribution < -0.4 is 16.0 Å². The number of aromatic nitrogens is 1. The lowest BCUT2D eigenvalue weighted by atomic mass is 9.95. The van der Waals surface area contributed by atoms with Crippen molar-refractivity contribution in [3.05, 3.63) is 76.2 Å². The fourth-order valence-corrected chi connectivity index (χ4v) is 3.78. The van der Waals surface area contributed by atoms with Gasteiger partial charge in [-0.15, -0.1) is 0 Å². The summed E-state index contributed by atoms with van der Waals surface area (Å²) < 4.78 is 5.30. The molecular weight excluding hydrogens is 342 g/mol. The second-order valence-electron chi connectivity index (χ2n) is 6.83. The van der Waals surface area contributed by atoms with Gasteiger partial charge < -0.3 is 20.4 Å². The van der Waals surface area contributed by atoms with Gasteiger partial charge in [0, 0.05) is 42.0 Å². The number of nitrogens with one attached hydrogen (secondary N) is 1. The highest BCUT2D eigenvalue weighted by molar-refractivity contribution is 6.06. The second kappa shape index (κ2) is 6.89. The Morgan fingerprint density at radius 3 is 2.70 bits per heavy atom. The number of nitrogens with two attached hydrogens (primary N) is 1. The first-order valence-corrected chi connectivity index (χ1v) is 8.87. The van der Waals surface area contributed by atoms with E-state index in [1.54, 1.807) is 30.2 Å². The third-order valence-electron chi connectivity index (χ3n) is 5.21. The summed E-state index contributed by atoms with van der Waals surface area (Å²) in [5, 5.41) is 1.17. The Hall–Kier alpha value is -3.12. The Bertz CT molecular complexity index is 1060. The molecule has 1 amide bonds. The molecule has 6 heteroatoms. The summed E-state index contributed by atoms with van der Waals surface area (Å²) >= 11 is 0. The number of carbonyl (C=O) groups excluding carboxylic acids is 1. The minimum absolute atomic E-state index is 0.0399. The van der Waals surface area contributed by atoms with Gasteiger partial charge in [-0.05, 0) is 23.8 Å². The van der Waals surface area contributed by atoms with Crippen molar-refractivity contribution in [2.75, 3.05) is 20.2 Å². The van der Waals surface area contributed by atoms with Crippen LogP contribution in [0.1, 0.15) is 21.8 Å². The van der Waals surface area contributed by atoms with E-state index in [-0.39, 0.29) is 23.4 Å². The Morgan fingerprint density at radius 2 is 1.93 bits per heavy atom. The van der Waals surface area contributed by atoms with Crippen molar-refractivity contribution in [3.63, 3.8) is 0 Å². The first kappa shape index (κ1) is 17.3.